The van der Waals surface area contributed by atoms with Gasteiger partial charge in [-0.15, -0.1) is 0 Å². The number of benzene rings is 1. The molecule has 0 saturated carbocycles. The van der Waals surface area contributed by atoms with Crippen molar-refractivity contribution in [1.29, 1.82) is 0 Å². The molecule has 1 rings (SSSR count). The molecule has 1 aromatic carbocycles. The molecule has 0 saturated heterocycles. The fourth-order valence-corrected chi connectivity index (χ4v) is 1.30. The number of rotatable bonds is 4. The highest BCUT2D eigenvalue weighted by atomic mass is 35.5. The molecule has 16 heavy (non-hydrogen) atoms. The zero-order valence-electron chi connectivity index (χ0n) is 8.94. The van der Waals surface area contributed by atoms with Crippen molar-refractivity contribution in [2.45, 2.75) is 19.4 Å². The first-order chi connectivity index (χ1) is 7.50. The molecule has 0 bridgehead atoms. The second-order valence-electron chi connectivity index (χ2n) is 3.51. The first-order valence-electron chi connectivity index (χ1n) is 4.91. The number of nitrogens with two attached hydrogens (primary N) is 1. The predicted octanol–water partition coefficient (Wildman–Crippen LogP) is 1.85. The van der Waals surface area contributed by atoms with Gasteiger partial charge < -0.3 is 15.6 Å². The summed E-state index contributed by atoms with van der Waals surface area (Å²) < 4.78 is 4.94. The molecule has 88 valence electrons. The molecule has 1 aromatic rings. The molecular weight excluding hydrogens is 230 g/mol. The molecule has 0 heterocycles. The van der Waals surface area contributed by atoms with E-state index in [9.17, 15) is 4.79 Å². The Morgan fingerprint density at radius 3 is 2.88 bits per heavy atom. The van der Waals surface area contributed by atoms with Crippen LogP contribution >= 0.6 is 11.6 Å². The molecule has 0 aliphatic heterocycles. The Kier molecular flexibility index (Phi) is 4.58. The Balaban J connectivity index is 2.59. The van der Waals surface area contributed by atoms with Crippen molar-refractivity contribution in [2.75, 3.05) is 12.3 Å². The Morgan fingerprint density at radius 2 is 2.31 bits per heavy atom. The molecule has 0 amide bonds. The Morgan fingerprint density at radius 1 is 1.62 bits per heavy atom. The van der Waals surface area contributed by atoms with Gasteiger partial charge in [-0.1, -0.05) is 11.6 Å². The maximum absolute atomic E-state index is 11.5. The minimum atomic E-state index is -0.505. The van der Waals surface area contributed by atoms with Crippen LogP contribution in [0.15, 0.2) is 18.2 Å². The normalized spacial score (nSPS) is 12.2. The average molecular weight is 244 g/mol. The van der Waals surface area contributed by atoms with E-state index in [1.54, 1.807) is 13.0 Å². The van der Waals surface area contributed by atoms with Gasteiger partial charge in [-0.05, 0) is 25.1 Å². The molecule has 0 aliphatic carbocycles. The Hall–Kier alpha value is -1.26. The van der Waals surface area contributed by atoms with Crippen molar-refractivity contribution in [3.05, 3.63) is 28.8 Å². The molecular formula is C11H14ClNO3. The van der Waals surface area contributed by atoms with Gasteiger partial charge in [0.05, 0.1) is 18.3 Å². The quantitative estimate of drug-likeness (QED) is 0.625. The van der Waals surface area contributed by atoms with Crippen LogP contribution in [0.3, 0.4) is 0 Å². The van der Waals surface area contributed by atoms with Gasteiger partial charge in [-0.2, -0.15) is 0 Å². The van der Waals surface area contributed by atoms with E-state index in [-0.39, 0.29) is 17.9 Å². The number of nitrogen functional groups attached to an aromatic ring is 1. The summed E-state index contributed by atoms with van der Waals surface area (Å²) >= 11 is 5.70. The van der Waals surface area contributed by atoms with E-state index in [2.05, 4.69) is 0 Å². The fourth-order valence-electron chi connectivity index (χ4n) is 1.12. The zero-order valence-corrected chi connectivity index (χ0v) is 9.70. The lowest BCUT2D eigenvalue weighted by Gasteiger charge is -2.08. The molecule has 3 N–H and O–H groups in total. The van der Waals surface area contributed by atoms with Gasteiger partial charge in [0.15, 0.2) is 0 Å². The van der Waals surface area contributed by atoms with Crippen LogP contribution in [0.25, 0.3) is 0 Å². The van der Waals surface area contributed by atoms with E-state index < -0.39 is 12.1 Å². The van der Waals surface area contributed by atoms with E-state index in [0.717, 1.165) is 0 Å². The number of anilines is 1. The minimum Gasteiger partial charge on any atom is -0.462 e. The summed E-state index contributed by atoms with van der Waals surface area (Å²) in [5.74, 6) is -0.505. The third kappa shape index (κ3) is 3.72. The van der Waals surface area contributed by atoms with Crippen molar-refractivity contribution >= 4 is 23.3 Å². The first kappa shape index (κ1) is 12.8. The van der Waals surface area contributed by atoms with E-state index in [1.165, 1.54) is 12.1 Å². The van der Waals surface area contributed by atoms with Gasteiger partial charge in [0.2, 0.25) is 0 Å². The third-order valence-corrected chi connectivity index (χ3v) is 2.24. The van der Waals surface area contributed by atoms with Crippen molar-refractivity contribution in [2.24, 2.45) is 0 Å². The molecule has 4 nitrogen and oxygen atoms in total. The van der Waals surface area contributed by atoms with Crippen LogP contribution in [-0.4, -0.2) is 23.8 Å². The molecule has 1 atom stereocenters. The highest BCUT2D eigenvalue weighted by molar-refractivity contribution is 6.31. The standard InChI is InChI=1S/C11H14ClNO3/c1-7(14)4-5-16-11(15)9-3-2-8(12)6-10(9)13/h2-3,6-7,14H,4-5,13H2,1H3. The average Bonchev–Trinajstić information content (AvgIpc) is 2.16. The minimum absolute atomic E-state index is 0.165. The maximum atomic E-state index is 11.5. The van der Waals surface area contributed by atoms with Crippen molar-refractivity contribution in [1.82, 2.24) is 0 Å². The fraction of sp³-hybridized carbons (Fsp3) is 0.364. The first-order valence-corrected chi connectivity index (χ1v) is 5.28. The lowest BCUT2D eigenvalue weighted by Crippen LogP contribution is -2.12. The van der Waals surface area contributed by atoms with Crippen LogP contribution in [0.2, 0.25) is 5.02 Å². The third-order valence-electron chi connectivity index (χ3n) is 2.00. The van der Waals surface area contributed by atoms with E-state index in [4.69, 9.17) is 27.2 Å². The molecule has 0 spiro atoms. The summed E-state index contributed by atoms with van der Waals surface area (Å²) in [5.41, 5.74) is 6.19. The number of carbonyl (C=O) groups is 1. The van der Waals surface area contributed by atoms with Gasteiger partial charge in [0.25, 0.3) is 0 Å². The highest BCUT2D eigenvalue weighted by Gasteiger charge is 2.11. The van der Waals surface area contributed by atoms with Gasteiger partial charge in [0.1, 0.15) is 0 Å². The smallest absolute Gasteiger partial charge is 0.340 e. The van der Waals surface area contributed by atoms with Crippen LogP contribution in [0.1, 0.15) is 23.7 Å². The summed E-state index contributed by atoms with van der Waals surface area (Å²) in [5, 5.41) is 9.46. The molecule has 5 heteroatoms. The van der Waals surface area contributed by atoms with Gasteiger partial charge in [-0.25, -0.2) is 4.79 Å². The van der Waals surface area contributed by atoms with E-state index >= 15 is 0 Å². The second-order valence-corrected chi connectivity index (χ2v) is 3.94. The molecule has 1 unspecified atom stereocenters. The number of aliphatic hydroxyl groups excluding tert-OH is 1. The largest absolute Gasteiger partial charge is 0.462 e. The SMILES string of the molecule is CC(O)CCOC(=O)c1ccc(Cl)cc1N. The van der Waals surface area contributed by atoms with Crippen molar-refractivity contribution < 1.29 is 14.6 Å². The summed E-state index contributed by atoms with van der Waals surface area (Å²) in [6.07, 6.45) is -0.0884. The Bertz CT molecular complexity index is 379. The van der Waals surface area contributed by atoms with Crippen LogP contribution in [0.5, 0.6) is 0 Å². The Labute approximate surface area is 99.0 Å². The number of halogens is 1. The summed E-state index contributed by atoms with van der Waals surface area (Å²) in [6, 6.07) is 4.58. The number of esters is 1. The number of hydrogen-bond acceptors (Lipinski definition) is 4. The summed E-state index contributed by atoms with van der Waals surface area (Å²) in [6.45, 7) is 1.79. The monoisotopic (exact) mass is 243 g/mol. The number of aliphatic hydroxyl groups is 1. The predicted molar refractivity (Wildman–Crippen MR) is 62.4 cm³/mol. The van der Waals surface area contributed by atoms with Gasteiger partial charge >= 0.3 is 5.97 Å². The number of carbonyl (C=O) groups excluding carboxylic acids is 1. The maximum Gasteiger partial charge on any atom is 0.340 e. The zero-order chi connectivity index (χ0) is 12.1. The number of ether oxygens (including phenoxy) is 1. The van der Waals surface area contributed by atoms with E-state index in [1.807, 2.05) is 0 Å². The molecule has 0 radical (unpaired) electrons. The van der Waals surface area contributed by atoms with Crippen molar-refractivity contribution in [3.63, 3.8) is 0 Å². The molecule has 0 aromatic heterocycles. The molecule has 0 aliphatic rings. The van der Waals surface area contributed by atoms with Crippen LogP contribution < -0.4 is 5.73 Å². The highest BCUT2D eigenvalue weighted by Crippen LogP contribution is 2.18. The van der Waals surface area contributed by atoms with Gasteiger partial charge in [0, 0.05) is 17.1 Å². The van der Waals surface area contributed by atoms with E-state index in [0.29, 0.717) is 11.4 Å². The van der Waals surface area contributed by atoms with Crippen molar-refractivity contribution in [3.8, 4) is 0 Å². The summed E-state index contributed by atoms with van der Waals surface area (Å²) in [4.78, 5) is 11.5. The molecule has 0 fully saturated rings. The second kappa shape index (κ2) is 5.72. The van der Waals surface area contributed by atoms with Crippen LogP contribution in [0.4, 0.5) is 5.69 Å². The lowest BCUT2D eigenvalue weighted by atomic mass is 10.2. The van der Waals surface area contributed by atoms with Crippen LogP contribution in [-0.2, 0) is 4.74 Å². The summed E-state index contributed by atoms with van der Waals surface area (Å²) in [7, 11) is 0. The number of hydrogen-bond donors (Lipinski definition) is 2. The lowest BCUT2D eigenvalue weighted by molar-refractivity contribution is 0.0445. The van der Waals surface area contributed by atoms with Gasteiger partial charge in [-0.3, -0.25) is 0 Å². The van der Waals surface area contributed by atoms with Crippen LogP contribution in [0, 0.1) is 0 Å². The topological polar surface area (TPSA) is 72.5 Å².